The van der Waals surface area contributed by atoms with Crippen molar-refractivity contribution >= 4 is 34.7 Å². The largest absolute Gasteiger partial charge is 0.507 e. The summed E-state index contributed by atoms with van der Waals surface area (Å²) >= 11 is 0. The number of nitro groups is 1. The van der Waals surface area contributed by atoms with Crippen LogP contribution in [0.1, 0.15) is 28.8 Å². The maximum Gasteiger partial charge on any atom is 0.273 e. The van der Waals surface area contributed by atoms with E-state index in [-0.39, 0.29) is 5.56 Å². The summed E-state index contributed by atoms with van der Waals surface area (Å²) in [5, 5.41) is 44.9. The molecule has 0 heterocycles. The van der Waals surface area contributed by atoms with Gasteiger partial charge in [0.15, 0.2) is 34.7 Å². The summed E-state index contributed by atoms with van der Waals surface area (Å²) in [7, 11) is 2.74. The summed E-state index contributed by atoms with van der Waals surface area (Å²) in [5.41, 5.74) is 0.864. The summed E-state index contributed by atoms with van der Waals surface area (Å²) < 4.78 is 0. The first-order chi connectivity index (χ1) is 16.2. The highest BCUT2D eigenvalue weighted by atomic mass is 16.6. The standard InChI is InChI=1S/C22H23N3O10/c1-6-9-7(25(34)35)4-5-8(26)11(9)16(27)12-10(6)17(28)14-15(24(2)3)18(29)13(21(23)32)20(31)22(14,33)19(12)30/h4-6,10,12-15,17,26,28,33H,1-3H3,(H2,23,32)/t6-,10?,12?,13?,14?,15-,17-,22-/m0/s1. The Balaban J connectivity index is 2.00. The van der Waals surface area contributed by atoms with Gasteiger partial charge < -0.3 is 21.1 Å². The number of nitro benzene ring substituents is 1. The number of carbonyl (C=O) groups is 5. The lowest BCUT2D eigenvalue weighted by Gasteiger charge is -2.55. The zero-order chi connectivity index (χ0) is 26.3. The van der Waals surface area contributed by atoms with E-state index in [4.69, 9.17) is 5.73 Å². The van der Waals surface area contributed by atoms with Gasteiger partial charge >= 0.3 is 0 Å². The van der Waals surface area contributed by atoms with Crippen molar-refractivity contribution < 1.29 is 44.2 Å². The van der Waals surface area contributed by atoms with Gasteiger partial charge in [0, 0.05) is 17.5 Å². The quantitative estimate of drug-likeness (QED) is 0.213. The first-order valence-corrected chi connectivity index (χ1v) is 10.7. The van der Waals surface area contributed by atoms with Gasteiger partial charge in [0.1, 0.15) is 5.75 Å². The second-order valence-electron chi connectivity index (χ2n) is 9.52. The number of aromatic hydroxyl groups is 1. The molecule has 1 aromatic rings. The molecule has 0 bridgehead atoms. The van der Waals surface area contributed by atoms with E-state index in [0.29, 0.717) is 0 Å². The molecule has 4 unspecified atom stereocenters. The molecule has 2 fully saturated rings. The molecule has 4 rings (SSSR count). The number of primary amides is 1. The van der Waals surface area contributed by atoms with Gasteiger partial charge in [0.05, 0.1) is 34.5 Å². The van der Waals surface area contributed by atoms with Crippen molar-refractivity contribution in [1.29, 1.82) is 0 Å². The molecule has 5 N–H and O–H groups in total. The summed E-state index contributed by atoms with van der Waals surface area (Å²) in [6.45, 7) is 1.40. The van der Waals surface area contributed by atoms with Gasteiger partial charge in [-0.15, -0.1) is 0 Å². The molecule has 13 nitrogen and oxygen atoms in total. The van der Waals surface area contributed by atoms with Gasteiger partial charge in [-0.3, -0.25) is 39.0 Å². The highest BCUT2D eigenvalue weighted by molar-refractivity contribution is 6.32. The van der Waals surface area contributed by atoms with Gasteiger partial charge in [-0.1, -0.05) is 6.92 Å². The van der Waals surface area contributed by atoms with Crippen LogP contribution in [0.2, 0.25) is 0 Å². The van der Waals surface area contributed by atoms with Crippen molar-refractivity contribution in [3.63, 3.8) is 0 Å². The van der Waals surface area contributed by atoms with Crippen molar-refractivity contribution in [2.24, 2.45) is 29.4 Å². The highest BCUT2D eigenvalue weighted by Crippen LogP contribution is 2.55. The number of amides is 1. The van der Waals surface area contributed by atoms with Crippen LogP contribution in [0, 0.1) is 33.8 Å². The fourth-order valence-corrected chi connectivity index (χ4v) is 6.21. The van der Waals surface area contributed by atoms with Crippen LogP contribution in [0.25, 0.3) is 0 Å². The molecular formula is C22H23N3O10. The van der Waals surface area contributed by atoms with E-state index in [0.717, 1.165) is 12.1 Å². The van der Waals surface area contributed by atoms with Crippen LogP contribution in [-0.4, -0.2) is 86.0 Å². The van der Waals surface area contributed by atoms with Crippen LogP contribution < -0.4 is 5.73 Å². The molecule has 0 aliphatic heterocycles. The molecule has 0 aromatic heterocycles. The molecular weight excluding hydrogens is 466 g/mol. The van der Waals surface area contributed by atoms with E-state index in [2.05, 4.69) is 0 Å². The topological polar surface area (TPSA) is 218 Å². The number of ketones is 4. The van der Waals surface area contributed by atoms with Crippen molar-refractivity contribution in [3.8, 4) is 5.75 Å². The monoisotopic (exact) mass is 489 g/mol. The number of Topliss-reactive ketones (excluding diaryl/α,β-unsaturated/α-hetero) is 4. The molecule has 1 amide bonds. The molecule has 1 aromatic carbocycles. The number of rotatable bonds is 3. The number of nitrogens with two attached hydrogens (primary N) is 1. The maximum atomic E-state index is 13.7. The number of likely N-dealkylation sites (N-methyl/N-ethyl adjacent to an activating group) is 1. The van der Waals surface area contributed by atoms with Crippen LogP contribution in [0.3, 0.4) is 0 Å². The molecule has 2 saturated carbocycles. The number of aliphatic hydroxyl groups is 2. The third kappa shape index (κ3) is 2.95. The lowest BCUT2D eigenvalue weighted by Crippen LogP contribution is -2.77. The average Bonchev–Trinajstić information content (AvgIpc) is 2.75. The number of fused-ring (bicyclic) bond motifs is 3. The molecule has 8 atom stereocenters. The fraction of sp³-hybridized carbons (Fsp3) is 0.500. The van der Waals surface area contributed by atoms with Crippen LogP contribution in [-0.2, 0) is 19.2 Å². The summed E-state index contributed by atoms with van der Waals surface area (Å²) in [5.74, 6) is -15.4. The Morgan fingerprint density at radius 1 is 1.17 bits per heavy atom. The van der Waals surface area contributed by atoms with E-state index >= 15 is 0 Å². The molecule has 0 spiro atoms. The van der Waals surface area contributed by atoms with E-state index in [9.17, 15) is 49.4 Å². The minimum atomic E-state index is -3.12. The Kier molecular flexibility index (Phi) is 5.43. The summed E-state index contributed by atoms with van der Waals surface area (Å²) in [6.07, 6.45) is -1.86. The van der Waals surface area contributed by atoms with Crippen LogP contribution in [0.5, 0.6) is 5.75 Å². The van der Waals surface area contributed by atoms with E-state index in [1.807, 2.05) is 0 Å². The van der Waals surface area contributed by atoms with E-state index in [1.54, 1.807) is 0 Å². The van der Waals surface area contributed by atoms with Gasteiger partial charge in [-0.25, -0.2) is 0 Å². The van der Waals surface area contributed by atoms with Gasteiger partial charge in [-0.2, -0.15) is 0 Å². The molecule has 0 saturated heterocycles. The SMILES string of the molecule is C[C@H]1c2c([N+](=O)[O-])ccc(O)c2C(=O)C2C(=O)[C@]3(O)C(=O)C(C(N)=O)C(=O)[C@@H](N(C)C)C3[C@@H](O)C21. The van der Waals surface area contributed by atoms with Crippen molar-refractivity contribution in [2.45, 2.75) is 30.6 Å². The number of nitrogens with zero attached hydrogens (tertiary/aromatic N) is 2. The fourth-order valence-electron chi connectivity index (χ4n) is 6.21. The first kappa shape index (κ1) is 24.6. The Bertz CT molecular complexity index is 1230. The zero-order valence-electron chi connectivity index (χ0n) is 18.9. The van der Waals surface area contributed by atoms with Gasteiger partial charge in [0.2, 0.25) is 5.91 Å². The second-order valence-corrected chi connectivity index (χ2v) is 9.52. The Morgan fingerprint density at radius 2 is 1.77 bits per heavy atom. The van der Waals surface area contributed by atoms with Crippen LogP contribution in [0.15, 0.2) is 12.1 Å². The molecule has 35 heavy (non-hydrogen) atoms. The zero-order valence-corrected chi connectivity index (χ0v) is 18.9. The number of hydrogen-bond acceptors (Lipinski definition) is 11. The lowest BCUT2D eigenvalue weighted by atomic mass is 9.49. The number of phenols is 1. The normalized spacial score (nSPS) is 36.5. The van der Waals surface area contributed by atoms with Crippen LogP contribution in [0.4, 0.5) is 5.69 Å². The Morgan fingerprint density at radius 3 is 2.29 bits per heavy atom. The predicted molar refractivity (Wildman–Crippen MR) is 114 cm³/mol. The smallest absolute Gasteiger partial charge is 0.273 e. The number of aliphatic hydroxyl groups excluding tert-OH is 1. The molecule has 0 radical (unpaired) electrons. The maximum absolute atomic E-state index is 13.7. The molecule has 3 aliphatic carbocycles. The van der Waals surface area contributed by atoms with E-state index < -0.39 is 98.3 Å². The van der Waals surface area contributed by atoms with Gasteiger partial charge in [-0.05, 0) is 26.1 Å². The van der Waals surface area contributed by atoms with Crippen LogP contribution >= 0.6 is 0 Å². The molecule has 186 valence electrons. The minimum Gasteiger partial charge on any atom is -0.507 e. The molecule has 13 heteroatoms. The predicted octanol–water partition coefficient (Wildman–Crippen LogP) is -1.69. The first-order valence-electron chi connectivity index (χ1n) is 10.7. The number of carbonyl (C=O) groups excluding carboxylic acids is 5. The minimum absolute atomic E-state index is 0.205. The number of hydrogen-bond donors (Lipinski definition) is 4. The number of benzene rings is 1. The van der Waals surface area contributed by atoms with Crippen molar-refractivity contribution in [1.82, 2.24) is 4.90 Å². The highest BCUT2D eigenvalue weighted by Gasteiger charge is 2.73. The third-order valence-electron chi connectivity index (χ3n) is 7.64. The Labute approximate surface area is 197 Å². The number of phenolic OH excluding ortho intramolecular Hbond substituents is 1. The van der Waals surface area contributed by atoms with E-state index in [1.165, 1.54) is 25.9 Å². The average molecular weight is 489 g/mol. The lowest BCUT2D eigenvalue weighted by molar-refractivity contribution is -0.386. The second kappa shape index (κ2) is 7.73. The third-order valence-corrected chi connectivity index (χ3v) is 7.64. The van der Waals surface area contributed by atoms with Crippen molar-refractivity contribution in [2.75, 3.05) is 14.1 Å². The van der Waals surface area contributed by atoms with Crippen molar-refractivity contribution in [3.05, 3.63) is 33.4 Å². The van der Waals surface area contributed by atoms with Gasteiger partial charge in [0.25, 0.3) is 5.69 Å². The molecule has 3 aliphatic rings. The summed E-state index contributed by atoms with van der Waals surface area (Å²) in [4.78, 5) is 77.5. The summed E-state index contributed by atoms with van der Waals surface area (Å²) in [6, 6.07) is 0.385. The Hall–Kier alpha value is -3.55.